The highest BCUT2D eigenvalue weighted by atomic mass is 79.9. The Kier molecular flexibility index (Phi) is 1.18. The molecule has 0 amide bonds. The van der Waals surface area contributed by atoms with Gasteiger partial charge >= 0.3 is 0 Å². The van der Waals surface area contributed by atoms with E-state index in [4.69, 9.17) is 4.11 Å². The zero-order chi connectivity index (χ0) is 10.2. The predicted molar refractivity (Wildman–Crippen MR) is 38.8 cm³/mol. The van der Waals surface area contributed by atoms with Crippen molar-refractivity contribution in [1.82, 2.24) is 0 Å². The summed E-state index contributed by atoms with van der Waals surface area (Å²) in [5.74, 6) is -2.13. The predicted octanol–water partition coefficient (Wildman–Crippen LogP) is 3.04. The van der Waals surface area contributed by atoms with Crippen LogP contribution in [0.4, 0.5) is 8.78 Å². The van der Waals surface area contributed by atoms with Gasteiger partial charge in [0.15, 0.2) is 0 Å². The van der Waals surface area contributed by atoms with Gasteiger partial charge in [-0.2, -0.15) is 0 Å². The Balaban J connectivity index is 3.38. The molecule has 0 saturated carbocycles. The molecule has 0 nitrogen and oxygen atoms in total. The van der Waals surface area contributed by atoms with E-state index in [0.29, 0.717) is 0 Å². The molecule has 3 heteroatoms. The lowest BCUT2D eigenvalue weighted by Crippen LogP contribution is -1.87. The van der Waals surface area contributed by atoms with E-state index in [1.165, 1.54) is 0 Å². The van der Waals surface area contributed by atoms with Crippen LogP contribution in [-0.2, 0) is 0 Å². The Labute approximate surface area is 70.2 Å². The van der Waals surface area contributed by atoms with Gasteiger partial charge in [-0.1, -0.05) is 15.9 Å². The maximum Gasteiger partial charge on any atom is 0.130 e. The molecule has 0 unspecified atom stereocenters. The van der Waals surface area contributed by atoms with Crippen molar-refractivity contribution in [2.24, 2.45) is 0 Å². The van der Waals surface area contributed by atoms with Crippen molar-refractivity contribution in [1.29, 1.82) is 0 Å². The van der Waals surface area contributed by atoms with E-state index in [2.05, 4.69) is 15.9 Å². The molecular weight excluding hydrogens is 202 g/mol. The van der Waals surface area contributed by atoms with Gasteiger partial charge in [0.05, 0.1) is 0 Å². The van der Waals surface area contributed by atoms with Crippen molar-refractivity contribution in [3.63, 3.8) is 0 Å². The maximum absolute atomic E-state index is 13.0. The van der Waals surface area contributed by atoms with Gasteiger partial charge in [0, 0.05) is 14.1 Å². The van der Waals surface area contributed by atoms with Crippen LogP contribution in [0.2, 0.25) is 0 Å². The van der Waals surface area contributed by atoms with E-state index in [1.54, 1.807) is 0 Å². The minimum absolute atomic E-state index is 0.176. The zero-order valence-corrected chi connectivity index (χ0v) is 6.37. The van der Waals surface area contributed by atoms with Gasteiger partial charge in [-0.05, 0) is 19.0 Å². The fourth-order valence-electron chi connectivity index (χ4n) is 0.542. The SMILES string of the molecule is [2H]C([2H])([2H])c1c(F)cc(Br)cc1F. The second kappa shape index (κ2) is 2.66. The molecule has 0 aliphatic carbocycles. The summed E-state index contributed by atoms with van der Waals surface area (Å²) in [7, 11) is 0. The quantitative estimate of drug-likeness (QED) is 0.617. The minimum atomic E-state index is -2.76. The topological polar surface area (TPSA) is 0 Å². The first-order valence-corrected chi connectivity index (χ1v) is 3.26. The molecule has 1 aromatic carbocycles. The van der Waals surface area contributed by atoms with E-state index in [-0.39, 0.29) is 4.47 Å². The summed E-state index contributed by atoms with van der Waals surface area (Å²) < 4.78 is 46.7. The zero-order valence-electron chi connectivity index (χ0n) is 7.79. The molecule has 0 aromatic heterocycles. The number of hydrogen-bond donors (Lipinski definition) is 0. The van der Waals surface area contributed by atoms with Gasteiger partial charge in [0.2, 0.25) is 0 Å². The highest BCUT2D eigenvalue weighted by Crippen LogP contribution is 2.17. The summed E-state index contributed by atoms with van der Waals surface area (Å²) in [4.78, 5) is 0. The lowest BCUT2D eigenvalue weighted by molar-refractivity contribution is 0.566. The fourth-order valence-corrected chi connectivity index (χ4v) is 0.944. The molecule has 0 aliphatic rings. The first-order valence-electron chi connectivity index (χ1n) is 3.97. The monoisotopic (exact) mass is 209 g/mol. The summed E-state index contributed by atoms with van der Waals surface area (Å²) in [6.45, 7) is -2.76. The van der Waals surface area contributed by atoms with E-state index in [9.17, 15) is 8.78 Å². The largest absolute Gasteiger partial charge is 0.207 e. The highest BCUT2D eigenvalue weighted by Gasteiger charge is 2.03. The first kappa shape index (κ1) is 4.44. The van der Waals surface area contributed by atoms with Crippen LogP contribution in [-0.4, -0.2) is 0 Å². The Morgan fingerprint density at radius 2 is 1.90 bits per heavy atom. The third-order valence-electron chi connectivity index (χ3n) is 1.01. The van der Waals surface area contributed by atoms with Gasteiger partial charge in [-0.15, -0.1) is 0 Å². The molecule has 1 aromatic rings. The summed E-state index contributed by atoms with van der Waals surface area (Å²) in [5.41, 5.74) is -0.865. The summed E-state index contributed by atoms with van der Waals surface area (Å²) in [5, 5.41) is 0. The van der Waals surface area contributed by atoms with E-state index < -0.39 is 24.0 Å². The first-order chi connectivity index (χ1) is 5.82. The van der Waals surface area contributed by atoms with Crippen molar-refractivity contribution in [2.45, 2.75) is 6.85 Å². The van der Waals surface area contributed by atoms with E-state index >= 15 is 0 Å². The molecule has 0 fully saturated rings. The molecule has 0 N–H and O–H groups in total. The lowest BCUT2D eigenvalue weighted by atomic mass is 10.2. The molecule has 0 radical (unpaired) electrons. The molecule has 0 bridgehead atoms. The molecule has 0 heterocycles. The molecule has 10 heavy (non-hydrogen) atoms. The Bertz CT molecular complexity index is 312. The number of rotatable bonds is 0. The minimum Gasteiger partial charge on any atom is -0.207 e. The highest BCUT2D eigenvalue weighted by molar-refractivity contribution is 9.10. The lowest BCUT2D eigenvalue weighted by Gasteiger charge is -1.97. The average Bonchev–Trinajstić information content (AvgIpc) is 1.78. The van der Waals surface area contributed by atoms with E-state index in [1.807, 2.05) is 0 Å². The normalized spacial score (nSPS) is 15.7. The van der Waals surface area contributed by atoms with Crippen LogP contribution >= 0.6 is 15.9 Å². The Morgan fingerprint density at radius 3 is 2.30 bits per heavy atom. The molecule has 0 aliphatic heterocycles. The van der Waals surface area contributed by atoms with Crippen molar-refractivity contribution in [3.05, 3.63) is 33.8 Å². The van der Waals surface area contributed by atoms with Crippen LogP contribution in [0.3, 0.4) is 0 Å². The molecule has 54 valence electrons. The van der Waals surface area contributed by atoms with Crippen molar-refractivity contribution < 1.29 is 12.9 Å². The van der Waals surface area contributed by atoms with Crippen LogP contribution in [0.1, 0.15) is 9.68 Å². The number of hydrogen-bond acceptors (Lipinski definition) is 0. The molecule has 1 rings (SSSR count). The van der Waals surface area contributed by atoms with Gasteiger partial charge in [0.1, 0.15) is 11.6 Å². The second-order valence-electron chi connectivity index (χ2n) is 1.74. The average molecular weight is 210 g/mol. The van der Waals surface area contributed by atoms with Crippen LogP contribution in [0.25, 0.3) is 0 Å². The van der Waals surface area contributed by atoms with Gasteiger partial charge in [0.25, 0.3) is 0 Å². The summed E-state index contributed by atoms with van der Waals surface area (Å²) >= 11 is 2.85. The molecule has 0 atom stereocenters. The Morgan fingerprint density at radius 1 is 1.40 bits per heavy atom. The van der Waals surface area contributed by atoms with Crippen LogP contribution in [0, 0.1) is 18.5 Å². The third kappa shape index (κ3) is 1.34. The third-order valence-corrected chi connectivity index (χ3v) is 1.46. The molecule has 0 spiro atoms. The van der Waals surface area contributed by atoms with Gasteiger partial charge < -0.3 is 0 Å². The van der Waals surface area contributed by atoms with Crippen molar-refractivity contribution >= 4 is 15.9 Å². The van der Waals surface area contributed by atoms with Crippen LogP contribution in [0.15, 0.2) is 16.6 Å². The van der Waals surface area contributed by atoms with Crippen LogP contribution < -0.4 is 0 Å². The van der Waals surface area contributed by atoms with Gasteiger partial charge in [-0.3, -0.25) is 0 Å². The van der Waals surface area contributed by atoms with E-state index in [0.717, 1.165) is 12.1 Å². The fraction of sp³-hybridized carbons (Fsp3) is 0.143. The number of halogens is 3. The van der Waals surface area contributed by atoms with Crippen LogP contribution in [0.5, 0.6) is 0 Å². The van der Waals surface area contributed by atoms with Crippen molar-refractivity contribution in [3.8, 4) is 0 Å². The summed E-state index contributed by atoms with van der Waals surface area (Å²) in [6, 6.07) is 1.84. The smallest absolute Gasteiger partial charge is 0.130 e. The standard InChI is InChI=1S/C7H5BrF2/c1-4-6(9)2-5(8)3-7(4)10/h2-3H,1H3/i1D3. The molecular formula is C7H5BrF2. The van der Waals surface area contributed by atoms with Crippen molar-refractivity contribution in [2.75, 3.05) is 0 Å². The molecule has 0 saturated heterocycles. The number of benzene rings is 1. The summed E-state index contributed by atoms with van der Waals surface area (Å²) in [6.07, 6.45) is 0. The maximum atomic E-state index is 13.0. The second-order valence-corrected chi connectivity index (χ2v) is 2.66. The van der Waals surface area contributed by atoms with Gasteiger partial charge in [-0.25, -0.2) is 8.78 Å². The Hall–Kier alpha value is -0.440.